The Bertz CT molecular complexity index is 743. The molecule has 2 rings (SSSR count). The van der Waals surface area contributed by atoms with Gasteiger partial charge in [-0.05, 0) is 24.3 Å². The maximum atomic E-state index is 11.4. The van der Waals surface area contributed by atoms with Crippen molar-refractivity contribution in [1.82, 2.24) is 9.97 Å². The molecule has 7 heteroatoms. The number of nitrogens with zero attached hydrogens (tertiary/aromatic N) is 2. The van der Waals surface area contributed by atoms with Crippen LogP contribution in [0.2, 0.25) is 5.15 Å². The summed E-state index contributed by atoms with van der Waals surface area (Å²) >= 11 is 5.93. The van der Waals surface area contributed by atoms with Crippen LogP contribution >= 0.6 is 11.6 Å². The Labute approximate surface area is 128 Å². The fourth-order valence-electron chi connectivity index (χ4n) is 1.60. The van der Waals surface area contributed by atoms with Crippen molar-refractivity contribution in [2.24, 2.45) is 0 Å². The van der Waals surface area contributed by atoms with E-state index in [9.17, 15) is 8.42 Å². The number of sulfone groups is 1. The molecule has 21 heavy (non-hydrogen) atoms. The van der Waals surface area contributed by atoms with E-state index in [0.717, 1.165) is 6.26 Å². The molecule has 0 spiro atoms. The maximum absolute atomic E-state index is 11.4. The number of halogens is 1. The van der Waals surface area contributed by atoms with Crippen LogP contribution in [-0.4, -0.2) is 24.6 Å². The predicted molar refractivity (Wildman–Crippen MR) is 80.8 cm³/mol. The van der Waals surface area contributed by atoms with Crippen molar-refractivity contribution in [3.63, 3.8) is 0 Å². The Morgan fingerprint density at radius 2 is 1.76 bits per heavy atom. The Balaban J connectivity index is 2.26. The number of hydrogen-bond donors (Lipinski definition) is 0. The zero-order valence-corrected chi connectivity index (χ0v) is 13.4. The summed E-state index contributed by atoms with van der Waals surface area (Å²) in [6.07, 6.45) is 1.15. The van der Waals surface area contributed by atoms with Crippen molar-refractivity contribution < 1.29 is 13.2 Å². The van der Waals surface area contributed by atoms with Gasteiger partial charge in [-0.1, -0.05) is 25.4 Å². The Hall–Kier alpha value is -1.66. The van der Waals surface area contributed by atoms with Crippen molar-refractivity contribution in [2.45, 2.75) is 24.7 Å². The lowest BCUT2D eigenvalue weighted by Gasteiger charge is -2.09. The second-order valence-corrected chi connectivity index (χ2v) is 7.29. The molecule has 0 aliphatic carbocycles. The molecule has 0 saturated heterocycles. The van der Waals surface area contributed by atoms with Gasteiger partial charge in [0.1, 0.15) is 16.7 Å². The summed E-state index contributed by atoms with van der Waals surface area (Å²) in [7, 11) is -3.22. The minimum Gasteiger partial charge on any atom is -0.439 e. The van der Waals surface area contributed by atoms with Crippen LogP contribution in [0.5, 0.6) is 11.6 Å². The number of benzene rings is 1. The summed E-state index contributed by atoms with van der Waals surface area (Å²) in [6, 6.07) is 7.62. The summed E-state index contributed by atoms with van der Waals surface area (Å²) < 4.78 is 28.4. The molecule has 5 nitrogen and oxygen atoms in total. The molecule has 1 heterocycles. The van der Waals surface area contributed by atoms with Gasteiger partial charge in [-0.2, -0.15) is 4.98 Å². The molecule has 0 fully saturated rings. The molecule has 1 aromatic carbocycles. The van der Waals surface area contributed by atoms with E-state index in [4.69, 9.17) is 16.3 Å². The summed E-state index contributed by atoms with van der Waals surface area (Å²) in [5.74, 6) is 1.52. The molecule has 0 unspecified atom stereocenters. The average Bonchev–Trinajstić information content (AvgIpc) is 2.37. The molecular weight excluding hydrogens is 312 g/mol. The third-order valence-corrected chi connectivity index (χ3v) is 4.00. The monoisotopic (exact) mass is 326 g/mol. The summed E-state index contributed by atoms with van der Waals surface area (Å²) in [4.78, 5) is 8.61. The van der Waals surface area contributed by atoms with Gasteiger partial charge in [-0.25, -0.2) is 13.4 Å². The Morgan fingerprint density at radius 1 is 1.14 bits per heavy atom. The van der Waals surface area contributed by atoms with Crippen LogP contribution in [0.25, 0.3) is 0 Å². The minimum atomic E-state index is -3.22. The van der Waals surface area contributed by atoms with E-state index in [0.29, 0.717) is 22.6 Å². The fraction of sp³-hybridized carbons (Fsp3) is 0.286. The van der Waals surface area contributed by atoms with E-state index in [1.165, 1.54) is 18.2 Å². The van der Waals surface area contributed by atoms with Crippen molar-refractivity contribution in [3.8, 4) is 11.6 Å². The molecule has 0 saturated carbocycles. The van der Waals surface area contributed by atoms with Crippen LogP contribution in [0.15, 0.2) is 35.2 Å². The van der Waals surface area contributed by atoms with E-state index >= 15 is 0 Å². The van der Waals surface area contributed by atoms with Crippen LogP contribution in [-0.2, 0) is 9.84 Å². The van der Waals surface area contributed by atoms with Crippen molar-refractivity contribution in [1.29, 1.82) is 0 Å². The smallest absolute Gasteiger partial charge is 0.224 e. The van der Waals surface area contributed by atoms with Gasteiger partial charge in [-0.3, -0.25) is 0 Å². The summed E-state index contributed by atoms with van der Waals surface area (Å²) in [5, 5.41) is 0.302. The molecule has 2 aromatic rings. The van der Waals surface area contributed by atoms with Gasteiger partial charge in [0.2, 0.25) is 5.88 Å². The highest BCUT2D eigenvalue weighted by molar-refractivity contribution is 7.90. The minimum absolute atomic E-state index is 0.124. The Kier molecular flexibility index (Phi) is 4.49. The average molecular weight is 327 g/mol. The van der Waals surface area contributed by atoms with E-state index in [1.54, 1.807) is 12.1 Å². The summed E-state index contributed by atoms with van der Waals surface area (Å²) in [6.45, 7) is 3.91. The van der Waals surface area contributed by atoms with Gasteiger partial charge < -0.3 is 4.74 Å². The second-order valence-electron chi connectivity index (χ2n) is 4.89. The van der Waals surface area contributed by atoms with Crippen LogP contribution < -0.4 is 4.74 Å². The first-order valence-electron chi connectivity index (χ1n) is 6.28. The lowest BCUT2D eigenvalue weighted by Crippen LogP contribution is -2.00. The van der Waals surface area contributed by atoms with E-state index in [-0.39, 0.29) is 10.8 Å². The molecular formula is C14H15ClN2O3S. The number of hydrogen-bond acceptors (Lipinski definition) is 5. The maximum Gasteiger partial charge on any atom is 0.224 e. The molecule has 0 radical (unpaired) electrons. The van der Waals surface area contributed by atoms with Crippen molar-refractivity contribution in [2.75, 3.05) is 6.26 Å². The van der Waals surface area contributed by atoms with Crippen molar-refractivity contribution in [3.05, 3.63) is 41.3 Å². The van der Waals surface area contributed by atoms with Gasteiger partial charge in [0, 0.05) is 18.2 Å². The Morgan fingerprint density at radius 3 is 2.29 bits per heavy atom. The standard InChI is InChI=1S/C14H15ClN2O3S/c1-9(2)14-16-12(15)8-13(17-14)20-10-4-6-11(7-5-10)21(3,18)19/h4-9H,1-3H3. The van der Waals surface area contributed by atoms with Crippen LogP contribution in [0.3, 0.4) is 0 Å². The first-order chi connectivity index (χ1) is 9.75. The summed E-state index contributed by atoms with van der Waals surface area (Å²) in [5.41, 5.74) is 0. The third-order valence-electron chi connectivity index (χ3n) is 2.68. The SMILES string of the molecule is CC(C)c1nc(Cl)cc(Oc2ccc(S(C)(=O)=O)cc2)n1. The van der Waals surface area contributed by atoms with Crippen LogP contribution in [0.1, 0.15) is 25.6 Å². The third kappa shape index (κ3) is 4.15. The van der Waals surface area contributed by atoms with E-state index in [1.807, 2.05) is 13.8 Å². The molecule has 0 aliphatic rings. The second kappa shape index (κ2) is 5.99. The van der Waals surface area contributed by atoms with Gasteiger partial charge in [-0.15, -0.1) is 0 Å². The quantitative estimate of drug-likeness (QED) is 0.805. The van der Waals surface area contributed by atoms with Crippen molar-refractivity contribution >= 4 is 21.4 Å². The van der Waals surface area contributed by atoms with E-state index in [2.05, 4.69) is 9.97 Å². The highest BCUT2D eigenvalue weighted by atomic mass is 35.5. The zero-order valence-electron chi connectivity index (χ0n) is 11.9. The van der Waals surface area contributed by atoms with Gasteiger partial charge in [0.15, 0.2) is 9.84 Å². The van der Waals surface area contributed by atoms with Gasteiger partial charge >= 0.3 is 0 Å². The zero-order chi connectivity index (χ0) is 15.6. The highest BCUT2D eigenvalue weighted by Gasteiger charge is 2.10. The lowest BCUT2D eigenvalue weighted by atomic mass is 10.2. The largest absolute Gasteiger partial charge is 0.439 e. The normalized spacial score (nSPS) is 11.7. The number of ether oxygens (including phenoxy) is 1. The molecule has 0 aliphatic heterocycles. The predicted octanol–water partition coefficient (Wildman–Crippen LogP) is 3.45. The first-order valence-corrected chi connectivity index (χ1v) is 8.55. The topological polar surface area (TPSA) is 69.2 Å². The first kappa shape index (κ1) is 15.7. The number of aromatic nitrogens is 2. The van der Waals surface area contributed by atoms with Gasteiger partial charge in [0.25, 0.3) is 0 Å². The molecule has 1 aromatic heterocycles. The highest BCUT2D eigenvalue weighted by Crippen LogP contribution is 2.24. The molecule has 0 N–H and O–H groups in total. The fourth-order valence-corrected chi connectivity index (χ4v) is 2.41. The van der Waals surface area contributed by atoms with Crippen LogP contribution in [0, 0.1) is 0 Å². The molecule has 0 amide bonds. The molecule has 0 bridgehead atoms. The van der Waals surface area contributed by atoms with E-state index < -0.39 is 9.84 Å². The molecule has 0 atom stereocenters. The lowest BCUT2D eigenvalue weighted by molar-refractivity contribution is 0.456. The molecule has 112 valence electrons. The number of rotatable bonds is 4. The van der Waals surface area contributed by atoms with Crippen LogP contribution in [0.4, 0.5) is 0 Å². The van der Waals surface area contributed by atoms with Gasteiger partial charge in [0.05, 0.1) is 4.90 Å².